The number of fused-ring (bicyclic) bond motifs is 1. The second-order valence-electron chi connectivity index (χ2n) is 2.65. The Hall–Kier alpha value is -1.75. The van der Waals surface area contributed by atoms with Gasteiger partial charge in [0, 0.05) is 6.20 Å². The standard InChI is InChI=1S/C8H9N5/c1-5-7(13-9)12-8-6(11-5)3-2-4-10-8/h2-4H,9H2,1H3,(H,10,12,13). The van der Waals surface area contributed by atoms with Crippen LogP contribution in [-0.4, -0.2) is 15.0 Å². The Bertz CT molecular complexity index is 439. The van der Waals surface area contributed by atoms with E-state index in [0.717, 1.165) is 11.2 Å². The summed E-state index contributed by atoms with van der Waals surface area (Å²) in [5.74, 6) is 5.82. The van der Waals surface area contributed by atoms with Crippen LogP contribution >= 0.6 is 0 Å². The van der Waals surface area contributed by atoms with Gasteiger partial charge in [0.05, 0.1) is 5.69 Å². The van der Waals surface area contributed by atoms with Crippen LogP contribution in [0, 0.1) is 6.92 Å². The molecule has 0 aliphatic carbocycles. The van der Waals surface area contributed by atoms with E-state index in [1.54, 1.807) is 6.20 Å². The highest BCUT2D eigenvalue weighted by atomic mass is 15.3. The smallest absolute Gasteiger partial charge is 0.180 e. The summed E-state index contributed by atoms with van der Waals surface area (Å²) in [7, 11) is 0. The maximum atomic E-state index is 5.26. The quantitative estimate of drug-likeness (QED) is 0.490. The van der Waals surface area contributed by atoms with Crippen LogP contribution in [0.1, 0.15) is 5.69 Å². The lowest BCUT2D eigenvalue weighted by Crippen LogP contribution is -2.11. The zero-order valence-corrected chi connectivity index (χ0v) is 7.15. The molecule has 5 nitrogen and oxygen atoms in total. The molecule has 0 unspecified atom stereocenters. The molecule has 0 saturated heterocycles. The maximum absolute atomic E-state index is 5.26. The fourth-order valence-corrected chi connectivity index (χ4v) is 1.12. The molecule has 13 heavy (non-hydrogen) atoms. The topological polar surface area (TPSA) is 76.7 Å². The maximum Gasteiger partial charge on any atom is 0.180 e. The lowest BCUT2D eigenvalue weighted by molar-refractivity contribution is 1.12. The molecule has 0 bridgehead atoms. The predicted octanol–water partition coefficient (Wildman–Crippen LogP) is 0.619. The van der Waals surface area contributed by atoms with Gasteiger partial charge >= 0.3 is 0 Å². The molecule has 3 N–H and O–H groups in total. The number of hydrazine groups is 1. The third kappa shape index (κ3) is 1.29. The average molecular weight is 175 g/mol. The molecule has 5 heteroatoms. The highest BCUT2D eigenvalue weighted by Gasteiger charge is 2.02. The van der Waals surface area contributed by atoms with Gasteiger partial charge in [-0.3, -0.25) is 0 Å². The van der Waals surface area contributed by atoms with E-state index in [0.29, 0.717) is 11.5 Å². The van der Waals surface area contributed by atoms with E-state index >= 15 is 0 Å². The first-order valence-electron chi connectivity index (χ1n) is 3.87. The highest BCUT2D eigenvalue weighted by Crippen LogP contribution is 2.12. The van der Waals surface area contributed by atoms with Crippen molar-refractivity contribution in [3.8, 4) is 0 Å². The van der Waals surface area contributed by atoms with Crippen LogP contribution in [0.4, 0.5) is 5.82 Å². The molecule has 66 valence electrons. The van der Waals surface area contributed by atoms with Crippen LogP contribution in [0.15, 0.2) is 18.3 Å². The molecule has 2 heterocycles. The number of rotatable bonds is 1. The number of anilines is 1. The van der Waals surface area contributed by atoms with Gasteiger partial charge in [0.15, 0.2) is 11.5 Å². The SMILES string of the molecule is Cc1nc2cccnc2nc1NN. The van der Waals surface area contributed by atoms with E-state index in [4.69, 9.17) is 5.84 Å². The van der Waals surface area contributed by atoms with E-state index in [2.05, 4.69) is 20.4 Å². The molecule has 0 aliphatic rings. The fourth-order valence-electron chi connectivity index (χ4n) is 1.12. The van der Waals surface area contributed by atoms with Crippen LogP contribution in [0.2, 0.25) is 0 Å². The molecule has 2 rings (SSSR count). The summed E-state index contributed by atoms with van der Waals surface area (Å²) in [5, 5.41) is 0. The van der Waals surface area contributed by atoms with Crippen LogP contribution < -0.4 is 11.3 Å². The summed E-state index contributed by atoms with van der Waals surface area (Å²) in [6, 6.07) is 3.69. The van der Waals surface area contributed by atoms with Gasteiger partial charge in [-0.1, -0.05) is 0 Å². The van der Waals surface area contributed by atoms with Crippen LogP contribution in [0.3, 0.4) is 0 Å². The monoisotopic (exact) mass is 175 g/mol. The van der Waals surface area contributed by atoms with E-state index < -0.39 is 0 Å². The predicted molar refractivity (Wildman–Crippen MR) is 49.9 cm³/mol. The number of pyridine rings is 1. The molecule has 0 atom stereocenters. The second-order valence-corrected chi connectivity index (χ2v) is 2.65. The van der Waals surface area contributed by atoms with Crippen molar-refractivity contribution in [3.05, 3.63) is 24.0 Å². The minimum atomic E-state index is 0.561. The average Bonchev–Trinajstić information content (AvgIpc) is 2.17. The third-order valence-corrected chi connectivity index (χ3v) is 1.75. The molecule has 2 aromatic heterocycles. The summed E-state index contributed by atoms with van der Waals surface area (Å²) in [5.41, 5.74) is 4.62. The third-order valence-electron chi connectivity index (χ3n) is 1.75. The Labute approximate surface area is 75.0 Å². The van der Waals surface area contributed by atoms with Crippen molar-refractivity contribution in [2.24, 2.45) is 5.84 Å². The summed E-state index contributed by atoms with van der Waals surface area (Å²) >= 11 is 0. The van der Waals surface area contributed by atoms with Crippen LogP contribution in [0.5, 0.6) is 0 Å². The minimum absolute atomic E-state index is 0.561. The lowest BCUT2D eigenvalue weighted by atomic mass is 10.4. The summed E-state index contributed by atoms with van der Waals surface area (Å²) in [6.07, 6.45) is 1.67. The second kappa shape index (κ2) is 2.95. The lowest BCUT2D eigenvalue weighted by Gasteiger charge is -2.03. The number of nitrogen functional groups attached to an aromatic ring is 1. The molecule has 0 radical (unpaired) electrons. The van der Waals surface area contributed by atoms with Gasteiger partial charge in [0.25, 0.3) is 0 Å². The molecule has 0 aromatic carbocycles. The summed E-state index contributed by atoms with van der Waals surface area (Å²) < 4.78 is 0. The number of nitrogens with two attached hydrogens (primary N) is 1. The minimum Gasteiger partial charge on any atom is -0.307 e. The van der Waals surface area contributed by atoms with Crippen molar-refractivity contribution < 1.29 is 0 Å². The molecule has 0 saturated carbocycles. The Balaban J connectivity index is 2.74. The van der Waals surface area contributed by atoms with Crippen molar-refractivity contribution in [1.82, 2.24) is 15.0 Å². The molecular weight excluding hydrogens is 166 g/mol. The first kappa shape index (κ1) is 7.88. The van der Waals surface area contributed by atoms with Gasteiger partial charge in [-0.2, -0.15) is 0 Å². The van der Waals surface area contributed by atoms with Crippen molar-refractivity contribution in [3.63, 3.8) is 0 Å². The van der Waals surface area contributed by atoms with Gasteiger partial charge in [0.2, 0.25) is 0 Å². The Morgan fingerprint density at radius 1 is 1.38 bits per heavy atom. The fraction of sp³-hybridized carbons (Fsp3) is 0.125. The van der Waals surface area contributed by atoms with Crippen molar-refractivity contribution in [2.75, 3.05) is 5.43 Å². The summed E-state index contributed by atoms with van der Waals surface area (Å²) in [6.45, 7) is 1.84. The van der Waals surface area contributed by atoms with Crippen LogP contribution in [-0.2, 0) is 0 Å². The van der Waals surface area contributed by atoms with E-state index in [1.807, 2.05) is 19.1 Å². The van der Waals surface area contributed by atoms with Gasteiger partial charge in [-0.05, 0) is 19.1 Å². The van der Waals surface area contributed by atoms with E-state index in [9.17, 15) is 0 Å². The van der Waals surface area contributed by atoms with Gasteiger partial charge < -0.3 is 5.43 Å². The Kier molecular flexibility index (Phi) is 1.79. The number of hydrogen-bond acceptors (Lipinski definition) is 5. The van der Waals surface area contributed by atoms with Gasteiger partial charge in [-0.15, -0.1) is 0 Å². The summed E-state index contributed by atoms with van der Waals surface area (Å²) in [4.78, 5) is 12.5. The number of aromatic nitrogens is 3. The zero-order chi connectivity index (χ0) is 9.26. The van der Waals surface area contributed by atoms with E-state index in [1.165, 1.54) is 0 Å². The first-order chi connectivity index (χ1) is 6.31. The van der Waals surface area contributed by atoms with Gasteiger partial charge in [-0.25, -0.2) is 20.8 Å². The molecule has 0 spiro atoms. The molecule has 0 amide bonds. The molecule has 2 aromatic rings. The van der Waals surface area contributed by atoms with Crippen molar-refractivity contribution in [2.45, 2.75) is 6.92 Å². The molecule has 0 aliphatic heterocycles. The highest BCUT2D eigenvalue weighted by molar-refractivity contribution is 5.71. The Morgan fingerprint density at radius 2 is 2.23 bits per heavy atom. The van der Waals surface area contributed by atoms with Crippen molar-refractivity contribution in [1.29, 1.82) is 0 Å². The van der Waals surface area contributed by atoms with Gasteiger partial charge in [0.1, 0.15) is 5.52 Å². The van der Waals surface area contributed by atoms with Crippen molar-refractivity contribution >= 4 is 17.0 Å². The van der Waals surface area contributed by atoms with Crippen LogP contribution in [0.25, 0.3) is 11.2 Å². The molecular formula is C8H9N5. The van der Waals surface area contributed by atoms with E-state index in [-0.39, 0.29) is 0 Å². The Morgan fingerprint density at radius 3 is 3.00 bits per heavy atom. The number of nitrogens with one attached hydrogen (secondary N) is 1. The normalized spacial score (nSPS) is 10.3. The first-order valence-corrected chi connectivity index (χ1v) is 3.87. The zero-order valence-electron chi connectivity index (χ0n) is 7.15. The number of aryl methyl sites for hydroxylation is 1. The number of hydrogen-bond donors (Lipinski definition) is 2. The number of nitrogens with zero attached hydrogens (tertiary/aromatic N) is 3. The molecule has 0 fully saturated rings. The largest absolute Gasteiger partial charge is 0.307 e.